The fourth-order valence-electron chi connectivity index (χ4n) is 1.61. The van der Waals surface area contributed by atoms with Crippen LogP contribution in [0.2, 0.25) is 0 Å². The van der Waals surface area contributed by atoms with Crippen molar-refractivity contribution in [2.75, 3.05) is 26.0 Å². The Morgan fingerprint density at radius 1 is 1.35 bits per heavy atom. The largest absolute Gasteiger partial charge is 0.493 e. The van der Waals surface area contributed by atoms with Gasteiger partial charge in [0.15, 0.2) is 23.5 Å². The van der Waals surface area contributed by atoms with E-state index < -0.39 is 0 Å². The van der Waals surface area contributed by atoms with Gasteiger partial charge in [0, 0.05) is 31.4 Å². The van der Waals surface area contributed by atoms with Gasteiger partial charge in [-0.3, -0.25) is 9.79 Å². The molecule has 0 unspecified atom stereocenters. The third-order valence-electron chi connectivity index (χ3n) is 2.57. The molecule has 0 fully saturated rings. The maximum atomic E-state index is 11.6. The molecule has 23 heavy (non-hydrogen) atoms. The smallest absolute Gasteiger partial charge is 0.192 e. The number of aliphatic hydroxyl groups excluding tert-OH is 1. The minimum Gasteiger partial charge on any atom is -0.493 e. The number of pyridine rings is 1. The van der Waals surface area contributed by atoms with Gasteiger partial charge in [0.2, 0.25) is 0 Å². The predicted octanol–water partition coefficient (Wildman–Crippen LogP) is 0.295. The van der Waals surface area contributed by atoms with Crippen LogP contribution in [0.3, 0.4) is 0 Å². The molecule has 0 spiro atoms. The number of guanidine groups is 1. The van der Waals surface area contributed by atoms with E-state index in [-0.39, 0.29) is 11.1 Å². The average Bonchev–Trinajstić information content (AvgIpc) is 2.55. The SMILES string of the molecule is CCC[n+]1ccc(OCCC(=O)SCCN=C(N)N)cc1.CO. The van der Waals surface area contributed by atoms with Gasteiger partial charge in [0.05, 0.1) is 19.6 Å². The number of hydrogen-bond acceptors (Lipinski definition) is 5. The van der Waals surface area contributed by atoms with Crippen LogP contribution < -0.4 is 20.8 Å². The molecule has 0 aliphatic rings. The topological polar surface area (TPSA) is 115 Å². The van der Waals surface area contributed by atoms with Gasteiger partial charge in [-0.25, -0.2) is 4.57 Å². The number of carbonyl (C=O) groups is 1. The number of aryl methyl sites for hydroxylation is 1. The lowest BCUT2D eigenvalue weighted by molar-refractivity contribution is -0.697. The molecule has 8 heteroatoms. The van der Waals surface area contributed by atoms with Crippen molar-refractivity contribution >= 4 is 22.8 Å². The summed E-state index contributed by atoms with van der Waals surface area (Å²) in [7, 11) is 1.00. The Kier molecular flexibility index (Phi) is 12.8. The van der Waals surface area contributed by atoms with Crippen molar-refractivity contribution in [1.82, 2.24) is 0 Å². The molecule has 1 heterocycles. The summed E-state index contributed by atoms with van der Waals surface area (Å²) in [6.07, 6.45) is 5.42. The summed E-state index contributed by atoms with van der Waals surface area (Å²) < 4.78 is 7.63. The zero-order valence-electron chi connectivity index (χ0n) is 13.8. The number of hydrogen-bond donors (Lipinski definition) is 3. The summed E-state index contributed by atoms with van der Waals surface area (Å²) in [6.45, 7) is 3.96. The molecule has 0 aliphatic carbocycles. The minimum atomic E-state index is 0.0516. The quantitative estimate of drug-likeness (QED) is 0.257. The van der Waals surface area contributed by atoms with E-state index in [2.05, 4.69) is 16.5 Å². The second-order valence-corrected chi connectivity index (χ2v) is 5.55. The zero-order valence-corrected chi connectivity index (χ0v) is 14.6. The lowest BCUT2D eigenvalue weighted by Crippen LogP contribution is -2.31. The van der Waals surface area contributed by atoms with E-state index in [1.807, 2.05) is 24.5 Å². The number of nitrogens with two attached hydrogens (primary N) is 2. The molecule has 0 saturated carbocycles. The number of aliphatic imine (C=N–C) groups is 1. The van der Waals surface area contributed by atoms with E-state index in [1.165, 1.54) is 11.8 Å². The number of aliphatic hydroxyl groups is 1. The van der Waals surface area contributed by atoms with Crippen molar-refractivity contribution in [2.24, 2.45) is 16.5 Å². The number of ether oxygens (including phenoxy) is 1. The van der Waals surface area contributed by atoms with E-state index in [0.29, 0.717) is 25.3 Å². The van der Waals surface area contributed by atoms with Crippen molar-refractivity contribution < 1.29 is 19.2 Å². The molecule has 7 nitrogen and oxygen atoms in total. The molecule has 0 amide bonds. The normalized spacial score (nSPS) is 9.52. The molecule has 5 N–H and O–H groups in total. The summed E-state index contributed by atoms with van der Waals surface area (Å²) in [5.41, 5.74) is 10.4. The Balaban J connectivity index is 0.00000232. The Morgan fingerprint density at radius 3 is 2.57 bits per heavy atom. The molecular formula is C15H27N4O3S+. The number of aromatic nitrogens is 1. The van der Waals surface area contributed by atoms with Crippen LogP contribution in [0.5, 0.6) is 5.75 Å². The van der Waals surface area contributed by atoms with Gasteiger partial charge in [0.25, 0.3) is 0 Å². The highest BCUT2D eigenvalue weighted by molar-refractivity contribution is 8.13. The van der Waals surface area contributed by atoms with Gasteiger partial charge in [-0.1, -0.05) is 18.7 Å². The van der Waals surface area contributed by atoms with Crippen LogP contribution in [-0.4, -0.2) is 42.2 Å². The first-order valence-electron chi connectivity index (χ1n) is 7.39. The summed E-state index contributed by atoms with van der Waals surface area (Å²) in [5.74, 6) is 1.41. The third-order valence-corrected chi connectivity index (χ3v) is 3.48. The van der Waals surface area contributed by atoms with E-state index in [1.54, 1.807) is 0 Å². The molecule has 0 atom stereocenters. The molecule has 0 aliphatic heterocycles. The fourth-order valence-corrected chi connectivity index (χ4v) is 2.24. The van der Waals surface area contributed by atoms with Gasteiger partial charge in [-0.05, 0) is 0 Å². The summed E-state index contributed by atoms with van der Waals surface area (Å²) >= 11 is 1.22. The fraction of sp³-hybridized carbons (Fsp3) is 0.533. The Hall–Kier alpha value is -1.80. The first-order valence-corrected chi connectivity index (χ1v) is 8.38. The monoisotopic (exact) mass is 343 g/mol. The minimum absolute atomic E-state index is 0.0516. The van der Waals surface area contributed by atoms with Gasteiger partial charge < -0.3 is 21.3 Å². The Labute approximate surface area is 141 Å². The van der Waals surface area contributed by atoms with E-state index in [4.69, 9.17) is 21.3 Å². The standard InChI is InChI=1S/C14H23N4O2S.CH4O/c1-2-7-18-8-3-12(4-9-18)20-10-5-13(19)21-11-6-17-14(15)16;1-2/h3-4,8-9H,2,5-7,10-11H2,1H3,(H4,15,16,17);2H,1H3/q+1;. The first kappa shape index (κ1) is 21.2. The lowest BCUT2D eigenvalue weighted by atomic mass is 10.4. The number of thioether (sulfide) groups is 1. The molecule has 0 radical (unpaired) electrons. The lowest BCUT2D eigenvalue weighted by Gasteiger charge is -2.04. The highest BCUT2D eigenvalue weighted by Crippen LogP contribution is 2.09. The Morgan fingerprint density at radius 2 is 2.00 bits per heavy atom. The Bertz CT molecular complexity index is 462. The van der Waals surface area contributed by atoms with Crippen LogP contribution in [0.15, 0.2) is 29.5 Å². The van der Waals surface area contributed by atoms with Crippen molar-refractivity contribution in [3.63, 3.8) is 0 Å². The highest BCUT2D eigenvalue weighted by Gasteiger charge is 2.04. The van der Waals surface area contributed by atoms with Crippen molar-refractivity contribution in [2.45, 2.75) is 26.3 Å². The van der Waals surface area contributed by atoms with E-state index in [9.17, 15) is 4.79 Å². The van der Waals surface area contributed by atoms with E-state index in [0.717, 1.165) is 25.8 Å². The number of carbonyl (C=O) groups excluding carboxylic acids is 1. The molecule has 1 aromatic rings. The molecule has 0 bridgehead atoms. The summed E-state index contributed by atoms with van der Waals surface area (Å²) in [5, 5.41) is 7.08. The third kappa shape index (κ3) is 11.4. The second kappa shape index (κ2) is 13.8. The molecule has 130 valence electrons. The first-order chi connectivity index (χ1) is 11.1. The van der Waals surface area contributed by atoms with Gasteiger partial charge in [0.1, 0.15) is 12.3 Å². The van der Waals surface area contributed by atoms with Crippen LogP contribution in [0.4, 0.5) is 0 Å². The van der Waals surface area contributed by atoms with Gasteiger partial charge >= 0.3 is 0 Å². The molecular weight excluding hydrogens is 316 g/mol. The summed E-state index contributed by atoms with van der Waals surface area (Å²) in [4.78, 5) is 15.4. The highest BCUT2D eigenvalue weighted by atomic mass is 32.2. The zero-order chi connectivity index (χ0) is 17.5. The molecule has 0 saturated heterocycles. The van der Waals surface area contributed by atoms with Crippen molar-refractivity contribution in [3.8, 4) is 5.75 Å². The van der Waals surface area contributed by atoms with Gasteiger partial charge in [-0.2, -0.15) is 0 Å². The van der Waals surface area contributed by atoms with Crippen molar-refractivity contribution in [1.29, 1.82) is 0 Å². The van der Waals surface area contributed by atoms with Crippen LogP contribution >= 0.6 is 11.8 Å². The van der Waals surface area contributed by atoms with Crippen LogP contribution in [-0.2, 0) is 11.3 Å². The number of nitrogens with zero attached hydrogens (tertiary/aromatic N) is 2. The molecule has 1 rings (SSSR count). The maximum Gasteiger partial charge on any atom is 0.192 e. The van der Waals surface area contributed by atoms with Crippen LogP contribution in [0, 0.1) is 0 Å². The maximum absolute atomic E-state index is 11.6. The molecule has 0 aromatic carbocycles. The van der Waals surface area contributed by atoms with Crippen LogP contribution in [0.1, 0.15) is 19.8 Å². The van der Waals surface area contributed by atoms with Crippen LogP contribution in [0.25, 0.3) is 0 Å². The molecule has 1 aromatic heterocycles. The number of rotatable bonds is 9. The average molecular weight is 343 g/mol. The predicted molar refractivity (Wildman–Crippen MR) is 93.3 cm³/mol. The second-order valence-electron chi connectivity index (χ2n) is 4.40. The summed E-state index contributed by atoms with van der Waals surface area (Å²) in [6, 6.07) is 3.82. The van der Waals surface area contributed by atoms with Crippen molar-refractivity contribution in [3.05, 3.63) is 24.5 Å². The van der Waals surface area contributed by atoms with E-state index >= 15 is 0 Å². The van der Waals surface area contributed by atoms with Gasteiger partial charge in [-0.15, -0.1) is 0 Å².